The highest BCUT2D eigenvalue weighted by molar-refractivity contribution is 14.0. The smallest absolute Gasteiger partial charge is 0.357 e. The summed E-state index contributed by atoms with van der Waals surface area (Å²) in [5.41, 5.74) is -0.000373. The lowest BCUT2D eigenvalue weighted by molar-refractivity contribution is -0.137. The van der Waals surface area contributed by atoms with Crippen molar-refractivity contribution in [3.63, 3.8) is 0 Å². The van der Waals surface area contributed by atoms with Gasteiger partial charge in [-0.1, -0.05) is 12.1 Å². The summed E-state index contributed by atoms with van der Waals surface area (Å²) in [5.74, 6) is 0.598. The van der Waals surface area contributed by atoms with Crippen LogP contribution in [0.5, 0.6) is 0 Å². The van der Waals surface area contributed by atoms with Crippen molar-refractivity contribution in [2.75, 3.05) is 26.2 Å². The van der Waals surface area contributed by atoms with Gasteiger partial charge < -0.3 is 15.5 Å². The van der Waals surface area contributed by atoms with Gasteiger partial charge in [-0.25, -0.2) is 4.99 Å². The Morgan fingerprint density at radius 1 is 1.07 bits per heavy atom. The average molecular weight is 500 g/mol. The van der Waals surface area contributed by atoms with Gasteiger partial charge in [0, 0.05) is 32.6 Å². The molecule has 154 valence electrons. The maximum atomic E-state index is 12.6. The minimum absolute atomic E-state index is 0. The number of aliphatic imine (C=N–C) groups is 1. The summed E-state index contributed by atoms with van der Waals surface area (Å²) in [6.07, 6.45) is -3.98. The van der Waals surface area contributed by atoms with E-state index in [4.69, 9.17) is 0 Å². The number of alkyl halides is 3. The Morgan fingerprint density at radius 3 is 2.15 bits per heavy atom. The Labute approximate surface area is 175 Å². The van der Waals surface area contributed by atoms with Gasteiger partial charge in [-0.05, 0) is 38.5 Å². The number of amides is 1. The van der Waals surface area contributed by atoms with E-state index < -0.39 is 11.7 Å². The van der Waals surface area contributed by atoms with Crippen molar-refractivity contribution >= 4 is 35.8 Å². The SMILES string of the molecule is CCNC(=NCc1ccc(C(F)(F)F)cc1)NCCC(=O)N(CC)CC.I. The van der Waals surface area contributed by atoms with Gasteiger partial charge in [0.2, 0.25) is 5.91 Å². The Bertz CT molecular complexity index is 587. The summed E-state index contributed by atoms with van der Waals surface area (Å²) >= 11 is 0. The molecule has 1 amide bonds. The summed E-state index contributed by atoms with van der Waals surface area (Å²) in [6, 6.07) is 4.93. The molecule has 0 saturated heterocycles. The maximum absolute atomic E-state index is 12.6. The minimum Gasteiger partial charge on any atom is -0.357 e. The topological polar surface area (TPSA) is 56.7 Å². The van der Waals surface area contributed by atoms with E-state index in [-0.39, 0.29) is 36.4 Å². The van der Waals surface area contributed by atoms with Crippen molar-refractivity contribution in [2.45, 2.75) is 39.9 Å². The standard InChI is InChI=1S/C18H27F3N4O.HI/c1-4-22-17(23-12-11-16(26)25(5-2)6-3)24-13-14-7-9-15(10-8-14)18(19,20)21;/h7-10H,4-6,11-13H2,1-3H3,(H2,22,23,24);1H. The number of carbonyl (C=O) groups is 1. The fraction of sp³-hybridized carbons (Fsp3) is 0.556. The molecule has 0 radical (unpaired) electrons. The molecule has 0 aliphatic rings. The van der Waals surface area contributed by atoms with Crippen LogP contribution in [0.2, 0.25) is 0 Å². The van der Waals surface area contributed by atoms with Gasteiger partial charge >= 0.3 is 6.18 Å². The normalized spacial score (nSPS) is 11.6. The number of benzene rings is 1. The van der Waals surface area contributed by atoms with Gasteiger partial charge in [-0.15, -0.1) is 24.0 Å². The first kappa shape index (κ1) is 25.5. The fourth-order valence-corrected chi connectivity index (χ4v) is 2.33. The van der Waals surface area contributed by atoms with Gasteiger partial charge in [0.05, 0.1) is 12.1 Å². The van der Waals surface area contributed by atoms with E-state index in [9.17, 15) is 18.0 Å². The molecule has 0 aliphatic heterocycles. The van der Waals surface area contributed by atoms with Gasteiger partial charge in [-0.3, -0.25) is 4.79 Å². The number of nitrogens with zero attached hydrogens (tertiary/aromatic N) is 2. The fourth-order valence-electron chi connectivity index (χ4n) is 2.33. The third-order valence-corrected chi connectivity index (χ3v) is 3.79. The van der Waals surface area contributed by atoms with Crippen LogP contribution in [0.1, 0.15) is 38.3 Å². The zero-order chi connectivity index (χ0) is 19.6. The van der Waals surface area contributed by atoms with Gasteiger partial charge in [0.1, 0.15) is 0 Å². The second-order valence-corrected chi connectivity index (χ2v) is 5.63. The molecule has 2 N–H and O–H groups in total. The predicted molar refractivity (Wildman–Crippen MR) is 112 cm³/mol. The Morgan fingerprint density at radius 2 is 1.67 bits per heavy atom. The molecule has 1 rings (SSSR count). The van der Waals surface area contributed by atoms with Crippen molar-refractivity contribution < 1.29 is 18.0 Å². The van der Waals surface area contributed by atoms with E-state index in [0.29, 0.717) is 44.1 Å². The molecular weight excluding hydrogens is 472 g/mol. The second-order valence-electron chi connectivity index (χ2n) is 5.63. The van der Waals surface area contributed by atoms with Crippen LogP contribution in [-0.2, 0) is 17.5 Å². The summed E-state index contributed by atoms with van der Waals surface area (Å²) in [7, 11) is 0. The maximum Gasteiger partial charge on any atom is 0.416 e. The van der Waals surface area contributed by atoms with Crippen LogP contribution in [0.15, 0.2) is 29.3 Å². The molecule has 0 aliphatic carbocycles. The van der Waals surface area contributed by atoms with Crippen LogP contribution in [0, 0.1) is 0 Å². The van der Waals surface area contributed by atoms with Gasteiger partial charge in [-0.2, -0.15) is 13.2 Å². The van der Waals surface area contributed by atoms with Gasteiger partial charge in [0.25, 0.3) is 0 Å². The molecule has 27 heavy (non-hydrogen) atoms. The third-order valence-electron chi connectivity index (χ3n) is 3.79. The summed E-state index contributed by atoms with van der Waals surface area (Å²) in [6.45, 7) is 8.47. The van der Waals surface area contributed by atoms with E-state index >= 15 is 0 Å². The van der Waals surface area contributed by atoms with Crippen molar-refractivity contribution in [3.8, 4) is 0 Å². The molecule has 0 fully saturated rings. The molecule has 1 aromatic carbocycles. The number of hydrogen-bond acceptors (Lipinski definition) is 2. The highest BCUT2D eigenvalue weighted by Crippen LogP contribution is 2.29. The molecule has 0 bridgehead atoms. The lowest BCUT2D eigenvalue weighted by Gasteiger charge is -2.19. The van der Waals surface area contributed by atoms with Crippen LogP contribution in [-0.4, -0.2) is 42.9 Å². The molecule has 0 aromatic heterocycles. The van der Waals surface area contributed by atoms with Crippen LogP contribution in [0.4, 0.5) is 13.2 Å². The number of carbonyl (C=O) groups excluding carboxylic acids is 1. The van der Waals surface area contributed by atoms with Crippen LogP contribution < -0.4 is 10.6 Å². The zero-order valence-electron chi connectivity index (χ0n) is 15.9. The summed E-state index contributed by atoms with van der Waals surface area (Å²) < 4.78 is 37.7. The van der Waals surface area contributed by atoms with E-state index in [1.807, 2.05) is 20.8 Å². The Hall–Kier alpha value is -1.52. The molecule has 0 atom stereocenters. The Balaban J connectivity index is 0.00000676. The lowest BCUT2D eigenvalue weighted by atomic mass is 10.1. The molecule has 1 aromatic rings. The number of guanidine groups is 1. The van der Waals surface area contributed by atoms with E-state index in [1.54, 1.807) is 4.90 Å². The monoisotopic (exact) mass is 500 g/mol. The molecule has 0 saturated carbocycles. The van der Waals surface area contributed by atoms with Crippen molar-refractivity contribution in [1.82, 2.24) is 15.5 Å². The Kier molecular flexibility index (Phi) is 12.1. The van der Waals surface area contributed by atoms with E-state index in [0.717, 1.165) is 12.1 Å². The number of nitrogens with one attached hydrogen (secondary N) is 2. The molecule has 0 unspecified atom stereocenters. The second kappa shape index (κ2) is 12.8. The largest absolute Gasteiger partial charge is 0.416 e. The third kappa shape index (κ3) is 9.30. The quantitative estimate of drug-likeness (QED) is 0.326. The van der Waals surface area contributed by atoms with E-state index in [2.05, 4.69) is 15.6 Å². The van der Waals surface area contributed by atoms with Crippen molar-refractivity contribution in [1.29, 1.82) is 0 Å². The first-order valence-corrected chi connectivity index (χ1v) is 8.77. The van der Waals surface area contributed by atoms with Crippen LogP contribution >= 0.6 is 24.0 Å². The molecular formula is C18H28F3IN4O. The molecule has 5 nitrogen and oxygen atoms in total. The number of halogens is 4. The number of hydrogen-bond donors (Lipinski definition) is 2. The zero-order valence-corrected chi connectivity index (χ0v) is 18.2. The summed E-state index contributed by atoms with van der Waals surface area (Å²) in [4.78, 5) is 18.1. The molecule has 0 spiro atoms. The highest BCUT2D eigenvalue weighted by atomic mass is 127. The number of rotatable bonds is 8. The summed E-state index contributed by atoms with van der Waals surface area (Å²) in [5, 5.41) is 6.13. The van der Waals surface area contributed by atoms with Crippen molar-refractivity contribution in [3.05, 3.63) is 35.4 Å². The van der Waals surface area contributed by atoms with Gasteiger partial charge in [0.15, 0.2) is 5.96 Å². The average Bonchev–Trinajstić information content (AvgIpc) is 2.60. The van der Waals surface area contributed by atoms with E-state index in [1.165, 1.54) is 12.1 Å². The lowest BCUT2D eigenvalue weighted by Crippen LogP contribution is -2.40. The van der Waals surface area contributed by atoms with Crippen LogP contribution in [0.25, 0.3) is 0 Å². The minimum atomic E-state index is -4.34. The highest BCUT2D eigenvalue weighted by Gasteiger charge is 2.29. The first-order chi connectivity index (χ1) is 12.3. The van der Waals surface area contributed by atoms with Crippen LogP contribution in [0.3, 0.4) is 0 Å². The molecule has 9 heteroatoms. The molecule has 0 heterocycles. The van der Waals surface area contributed by atoms with Crippen molar-refractivity contribution in [2.24, 2.45) is 4.99 Å². The first-order valence-electron chi connectivity index (χ1n) is 8.77. The predicted octanol–water partition coefficient (Wildman–Crippen LogP) is 3.64.